The summed E-state index contributed by atoms with van der Waals surface area (Å²) in [6.45, 7) is 6.44. The van der Waals surface area contributed by atoms with E-state index in [4.69, 9.17) is 0 Å². The van der Waals surface area contributed by atoms with Crippen molar-refractivity contribution in [1.82, 2.24) is 25.4 Å². The molecule has 25 heavy (non-hydrogen) atoms. The van der Waals surface area contributed by atoms with Crippen LogP contribution < -0.4 is 16.2 Å². The minimum absolute atomic E-state index is 0. The van der Waals surface area contributed by atoms with Crippen LogP contribution in [0.1, 0.15) is 30.2 Å². The number of carbonyl (C=O) groups is 1. The molecule has 2 aromatic heterocycles. The van der Waals surface area contributed by atoms with Crippen molar-refractivity contribution in [3.8, 4) is 0 Å². The Hall–Kier alpha value is -1.57. The molecule has 2 heterocycles. The Bertz CT molecular complexity index is 785. The molecule has 0 bridgehead atoms. The molecule has 0 aliphatic rings. The molecule has 2 rings (SSSR count). The van der Waals surface area contributed by atoms with E-state index in [2.05, 4.69) is 20.7 Å². The number of H-pyrrole nitrogens is 1. The van der Waals surface area contributed by atoms with E-state index in [1.54, 1.807) is 7.05 Å². The second kappa shape index (κ2) is 9.79. The molecule has 0 radical (unpaired) electrons. The van der Waals surface area contributed by atoms with Gasteiger partial charge in [0.05, 0.1) is 5.39 Å². The molecule has 3 N–H and O–H groups in total. The maximum atomic E-state index is 12.2. The summed E-state index contributed by atoms with van der Waals surface area (Å²) < 4.78 is 1.43. The topological polar surface area (TPSA) is 91.8 Å². The zero-order chi connectivity index (χ0) is 17.1. The molecule has 0 aliphatic carbocycles. The van der Waals surface area contributed by atoms with Gasteiger partial charge in [-0.3, -0.25) is 19.4 Å². The van der Waals surface area contributed by atoms with E-state index < -0.39 is 0 Å². The molecule has 0 saturated carbocycles. The summed E-state index contributed by atoms with van der Waals surface area (Å²) in [5, 5.41) is 9.53. The number of rotatable bonds is 6. The lowest BCUT2D eigenvalue weighted by molar-refractivity contribution is -0.121. The van der Waals surface area contributed by atoms with Gasteiger partial charge in [-0.05, 0) is 45.4 Å². The molecule has 1 atom stereocenters. The van der Waals surface area contributed by atoms with Crippen molar-refractivity contribution in [3.63, 3.8) is 0 Å². The number of aromatic amines is 1. The first-order valence-electron chi connectivity index (χ1n) is 7.83. The van der Waals surface area contributed by atoms with E-state index >= 15 is 0 Å². The second-order valence-corrected chi connectivity index (χ2v) is 5.99. The van der Waals surface area contributed by atoms with Gasteiger partial charge in [0, 0.05) is 31.7 Å². The van der Waals surface area contributed by atoms with Crippen molar-refractivity contribution in [2.45, 2.75) is 39.7 Å². The Labute approximate surface area is 159 Å². The van der Waals surface area contributed by atoms with Crippen LogP contribution >= 0.6 is 24.8 Å². The molecule has 0 aliphatic heterocycles. The zero-order valence-corrected chi connectivity index (χ0v) is 16.9. The van der Waals surface area contributed by atoms with Crippen molar-refractivity contribution in [3.05, 3.63) is 27.2 Å². The number of nitrogens with one attached hydrogen (secondary N) is 3. The Morgan fingerprint density at radius 3 is 2.56 bits per heavy atom. The summed E-state index contributed by atoms with van der Waals surface area (Å²) in [6, 6.07) is 0.239. The Morgan fingerprint density at radius 2 is 1.96 bits per heavy atom. The lowest BCUT2D eigenvalue weighted by atomic mass is 10.0. The van der Waals surface area contributed by atoms with Crippen LogP contribution in [0.2, 0.25) is 0 Å². The molecule has 0 saturated heterocycles. The van der Waals surface area contributed by atoms with Gasteiger partial charge in [-0.15, -0.1) is 24.8 Å². The first-order valence-corrected chi connectivity index (χ1v) is 7.83. The quantitative estimate of drug-likeness (QED) is 0.693. The van der Waals surface area contributed by atoms with Crippen molar-refractivity contribution < 1.29 is 4.79 Å². The molecule has 1 unspecified atom stereocenters. The van der Waals surface area contributed by atoms with Crippen molar-refractivity contribution in [2.75, 3.05) is 13.6 Å². The predicted molar refractivity (Wildman–Crippen MR) is 105 cm³/mol. The number of aryl methyl sites for hydroxylation is 3. The van der Waals surface area contributed by atoms with E-state index in [1.165, 1.54) is 4.68 Å². The number of carbonyl (C=O) groups excluding carboxylic acids is 1. The molecule has 7 nitrogen and oxygen atoms in total. The standard InChI is InChI=1S/C16H25N5O2.2ClH/c1-9(17-4)8-18-13(22)7-6-12-10(2)14-15(19-11(12)3)20-21(5)16(14)23;;/h9,17H,6-8H2,1-5H3,(H,18,22)(H,19,20);2*1H. The summed E-state index contributed by atoms with van der Waals surface area (Å²) in [5.74, 6) is 0.00738. The highest BCUT2D eigenvalue weighted by atomic mass is 35.5. The van der Waals surface area contributed by atoms with Crippen LogP contribution in [0.4, 0.5) is 0 Å². The number of aromatic nitrogens is 3. The lowest BCUT2D eigenvalue weighted by Gasteiger charge is -2.12. The number of hydrogen-bond acceptors (Lipinski definition) is 4. The van der Waals surface area contributed by atoms with Crippen LogP contribution in [-0.2, 0) is 18.3 Å². The molecular weight excluding hydrogens is 365 g/mol. The first-order chi connectivity index (χ1) is 10.8. The first kappa shape index (κ1) is 23.4. The highest BCUT2D eigenvalue weighted by molar-refractivity contribution is 5.85. The third kappa shape index (κ3) is 5.20. The van der Waals surface area contributed by atoms with Gasteiger partial charge in [-0.25, -0.2) is 4.98 Å². The Morgan fingerprint density at radius 1 is 1.32 bits per heavy atom. The fourth-order valence-electron chi connectivity index (χ4n) is 2.68. The van der Waals surface area contributed by atoms with Gasteiger partial charge in [-0.1, -0.05) is 0 Å². The maximum Gasteiger partial charge on any atom is 0.276 e. The molecule has 1 amide bonds. The fourth-order valence-corrected chi connectivity index (χ4v) is 2.68. The Kier molecular flexibility index (Phi) is 9.18. The number of fused-ring (bicyclic) bond motifs is 1. The molecule has 2 aromatic rings. The van der Waals surface area contributed by atoms with Crippen LogP contribution in [0.25, 0.3) is 11.0 Å². The van der Waals surface area contributed by atoms with E-state index in [-0.39, 0.29) is 42.3 Å². The number of halogens is 2. The molecule has 0 aromatic carbocycles. The number of amides is 1. The minimum atomic E-state index is -0.0847. The van der Waals surface area contributed by atoms with Crippen LogP contribution in [0.15, 0.2) is 4.79 Å². The third-order valence-electron chi connectivity index (χ3n) is 4.27. The third-order valence-corrected chi connectivity index (χ3v) is 4.27. The highest BCUT2D eigenvalue weighted by Gasteiger charge is 2.15. The smallest absolute Gasteiger partial charge is 0.276 e. The van der Waals surface area contributed by atoms with Crippen molar-refractivity contribution in [2.24, 2.45) is 7.05 Å². The number of hydrogen-bond donors (Lipinski definition) is 3. The summed E-state index contributed by atoms with van der Waals surface area (Å²) >= 11 is 0. The number of nitrogens with zero attached hydrogens (tertiary/aromatic N) is 2. The monoisotopic (exact) mass is 391 g/mol. The summed E-state index contributed by atoms with van der Waals surface area (Å²) in [6.07, 6.45) is 0.963. The summed E-state index contributed by atoms with van der Waals surface area (Å²) in [7, 11) is 3.54. The summed E-state index contributed by atoms with van der Waals surface area (Å²) in [4.78, 5) is 28.6. The van der Waals surface area contributed by atoms with Gasteiger partial charge in [-0.2, -0.15) is 0 Å². The second-order valence-electron chi connectivity index (χ2n) is 5.99. The maximum absolute atomic E-state index is 12.2. The SMILES string of the molecule is CNC(C)CNC(=O)CCc1c(C)nc2[nH]n(C)c(=O)c2c1C.Cl.Cl. The van der Waals surface area contributed by atoms with Crippen LogP contribution in [0, 0.1) is 13.8 Å². The fraction of sp³-hybridized carbons (Fsp3) is 0.562. The zero-order valence-electron chi connectivity index (χ0n) is 15.2. The number of likely N-dealkylation sites (N-methyl/N-ethyl adjacent to an activating group) is 1. The number of pyridine rings is 1. The predicted octanol–water partition coefficient (Wildman–Crippen LogP) is 1.38. The average molecular weight is 392 g/mol. The Balaban J connectivity index is 0.00000288. The van der Waals surface area contributed by atoms with E-state index in [1.807, 2.05) is 27.8 Å². The van der Waals surface area contributed by atoms with Gasteiger partial charge >= 0.3 is 0 Å². The lowest BCUT2D eigenvalue weighted by Crippen LogP contribution is -2.37. The van der Waals surface area contributed by atoms with Crippen molar-refractivity contribution in [1.29, 1.82) is 0 Å². The molecule has 0 fully saturated rings. The highest BCUT2D eigenvalue weighted by Crippen LogP contribution is 2.20. The molecule has 9 heteroatoms. The van der Waals surface area contributed by atoms with Gasteiger partial charge in [0.2, 0.25) is 5.91 Å². The minimum Gasteiger partial charge on any atom is -0.355 e. The molecular formula is C16H27Cl2N5O2. The van der Waals surface area contributed by atoms with Gasteiger partial charge in [0.15, 0.2) is 5.65 Å². The molecule has 142 valence electrons. The normalized spacial score (nSPS) is 11.6. The van der Waals surface area contributed by atoms with Crippen molar-refractivity contribution >= 4 is 41.8 Å². The van der Waals surface area contributed by atoms with E-state index in [9.17, 15) is 9.59 Å². The summed E-state index contributed by atoms with van der Waals surface area (Å²) in [5.41, 5.74) is 3.26. The van der Waals surface area contributed by atoms with Crippen LogP contribution in [0.5, 0.6) is 0 Å². The van der Waals surface area contributed by atoms with Crippen LogP contribution in [-0.4, -0.2) is 40.3 Å². The largest absolute Gasteiger partial charge is 0.355 e. The van der Waals surface area contributed by atoms with Gasteiger partial charge in [0.1, 0.15) is 0 Å². The van der Waals surface area contributed by atoms with Gasteiger partial charge in [0.25, 0.3) is 5.56 Å². The van der Waals surface area contributed by atoms with E-state index in [0.29, 0.717) is 30.4 Å². The van der Waals surface area contributed by atoms with E-state index in [0.717, 1.165) is 16.8 Å². The molecule has 0 spiro atoms. The van der Waals surface area contributed by atoms with Gasteiger partial charge < -0.3 is 10.6 Å². The average Bonchev–Trinajstić information content (AvgIpc) is 2.79. The van der Waals surface area contributed by atoms with Crippen LogP contribution in [0.3, 0.4) is 0 Å².